The number of ether oxygens (including phenoxy) is 1. The molecule has 0 unspecified atom stereocenters. The number of nitrogens with one attached hydrogen (secondary N) is 3. The van der Waals surface area contributed by atoms with E-state index in [0.29, 0.717) is 24.5 Å². The van der Waals surface area contributed by atoms with Crippen LogP contribution >= 0.6 is 23.1 Å². The molecule has 0 saturated carbocycles. The van der Waals surface area contributed by atoms with E-state index in [4.69, 9.17) is 4.74 Å². The number of anilines is 1. The predicted molar refractivity (Wildman–Crippen MR) is 122 cm³/mol. The average Bonchev–Trinajstić information content (AvgIpc) is 3.26. The first-order chi connectivity index (χ1) is 15.0. The van der Waals surface area contributed by atoms with Crippen molar-refractivity contribution in [3.63, 3.8) is 0 Å². The van der Waals surface area contributed by atoms with Crippen LogP contribution in [0.2, 0.25) is 0 Å². The van der Waals surface area contributed by atoms with Gasteiger partial charge in [-0.3, -0.25) is 14.4 Å². The van der Waals surface area contributed by atoms with Crippen molar-refractivity contribution in [2.45, 2.75) is 25.0 Å². The van der Waals surface area contributed by atoms with E-state index in [2.05, 4.69) is 20.6 Å². The summed E-state index contributed by atoms with van der Waals surface area (Å²) in [5.41, 5.74) is 0.624. The molecule has 0 atom stereocenters. The van der Waals surface area contributed by atoms with E-state index >= 15 is 0 Å². The van der Waals surface area contributed by atoms with E-state index in [1.54, 1.807) is 35.6 Å². The van der Waals surface area contributed by atoms with E-state index < -0.39 is 0 Å². The summed E-state index contributed by atoms with van der Waals surface area (Å²) in [6, 6.07) is 12.2. The van der Waals surface area contributed by atoms with Crippen LogP contribution in [0.15, 0.2) is 57.8 Å². The molecule has 0 radical (unpaired) electrons. The topological polar surface area (TPSA) is 113 Å². The molecule has 10 heteroatoms. The van der Waals surface area contributed by atoms with Gasteiger partial charge in [-0.15, -0.1) is 11.3 Å². The third kappa shape index (κ3) is 7.58. The number of hydrogen-bond acceptors (Lipinski definition) is 7. The molecule has 0 fully saturated rings. The number of thiophene rings is 1. The first-order valence-corrected chi connectivity index (χ1v) is 11.4. The number of nitrogens with zero attached hydrogens (tertiary/aromatic N) is 1. The Hall–Kier alpha value is -3.11. The van der Waals surface area contributed by atoms with Crippen LogP contribution in [0.3, 0.4) is 0 Å². The molecule has 3 aromatic rings. The molecule has 2 amide bonds. The van der Waals surface area contributed by atoms with Crippen LogP contribution < -0.4 is 20.9 Å². The molecule has 0 spiro atoms. The Balaban J connectivity index is 1.50. The van der Waals surface area contributed by atoms with Gasteiger partial charge in [-0.05, 0) is 42.6 Å². The van der Waals surface area contributed by atoms with Crippen molar-refractivity contribution in [2.24, 2.45) is 0 Å². The second-order valence-electron chi connectivity index (χ2n) is 6.37. The lowest BCUT2D eigenvalue weighted by Gasteiger charge is -2.07. The van der Waals surface area contributed by atoms with Gasteiger partial charge in [-0.2, -0.15) is 0 Å². The van der Waals surface area contributed by atoms with E-state index in [1.165, 1.54) is 6.07 Å². The summed E-state index contributed by atoms with van der Waals surface area (Å²) in [4.78, 5) is 44.1. The second-order valence-corrected chi connectivity index (χ2v) is 8.37. The molecule has 0 aliphatic heterocycles. The highest BCUT2D eigenvalue weighted by Gasteiger charge is 2.10. The van der Waals surface area contributed by atoms with Gasteiger partial charge in [0.05, 0.1) is 31.0 Å². The van der Waals surface area contributed by atoms with Crippen molar-refractivity contribution in [3.05, 3.63) is 68.8 Å². The van der Waals surface area contributed by atoms with Crippen LogP contribution in [0.5, 0.6) is 5.75 Å². The maximum Gasteiger partial charge on any atom is 0.251 e. The minimum atomic E-state index is -0.370. The molecule has 31 heavy (non-hydrogen) atoms. The Kier molecular flexibility index (Phi) is 8.25. The summed E-state index contributed by atoms with van der Waals surface area (Å²) in [5.74, 6) is 0.323. The SMILES string of the molecule is CCOc1ccc(NC(=O)CSc2nc(CC(=O)NCc3cccs3)cc(=O)[nH]2)cc1. The van der Waals surface area contributed by atoms with Gasteiger partial charge in [0, 0.05) is 16.6 Å². The van der Waals surface area contributed by atoms with Crippen molar-refractivity contribution in [3.8, 4) is 5.75 Å². The van der Waals surface area contributed by atoms with Gasteiger partial charge in [0.2, 0.25) is 11.8 Å². The Bertz CT molecular complexity index is 1070. The highest BCUT2D eigenvalue weighted by molar-refractivity contribution is 7.99. The van der Waals surface area contributed by atoms with E-state index in [-0.39, 0.29) is 34.7 Å². The third-order valence-corrected chi connectivity index (χ3v) is 5.69. The summed E-state index contributed by atoms with van der Waals surface area (Å²) in [6.45, 7) is 2.91. The number of thioether (sulfide) groups is 1. The lowest BCUT2D eigenvalue weighted by atomic mass is 10.3. The van der Waals surface area contributed by atoms with Crippen LogP contribution in [0, 0.1) is 0 Å². The van der Waals surface area contributed by atoms with E-state index in [0.717, 1.165) is 22.4 Å². The molecule has 2 heterocycles. The summed E-state index contributed by atoms with van der Waals surface area (Å²) in [7, 11) is 0. The summed E-state index contributed by atoms with van der Waals surface area (Å²) < 4.78 is 5.37. The molecule has 0 saturated heterocycles. The van der Waals surface area contributed by atoms with Gasteiger partial charge in [-0.25, -0.2) is 4.98 Å². The van der Waals surface area contributed by atoms with Gasteiger partial charge in [0.25, 0.3) is 5.56 Å². The Morgan fingerprint density at radius 1 is 1.19 bits per heavy atom. The monoisotopic (exact) mass is 458 g/mol. The predicted octanol–water partition coefficient (Wildman–Crippen LogP) is 2.82. The van der Waals surface area contributed by atoms with Gasteiger partial charge >= 0.3 is 0 Å². The molecule has 1 aromatic carbocycles. The first-order valence-electron chi connectivity index (χ1n) is 9.56. The summed E-state index contributed by atoms with van der Waals surface area (Å²) >= 11 is 2.65. The molecule has 3 rings (SSSR count). The zero-order valence-electron chi connectivity index (χ0n) is 16.8. The number of carbonyl (C=O) groups is 2. The lowest BCUT2D eigenvalue weighted by molar-refractivity contribution is -0.120. The van der Waals surface area contributed by atoms with Crippen LogP contribution in [0.1, 0.15) is 17.5 Å². The van der Waals surface area contributed by atoms with Crippen molar-refractivity contribution in [1.82, 2.24) is 15.3 Å². The standard InChI is InChI=1S/C21H22N4O4S2/c1-2-29-16-7-5-14(6-8-16)23-20(28)13-31-21-24-15(11-19(27)25-21)10-18(26)22-12-17-4-3-9-30-17/h3-9,11H,2,10,12-13H2,1H3,(H,22,26)(H,23,28)(H,24,25,27). The normalized spacial score (nSPS) is 10.5. The highest BCUT2D eigenvalue weighted by Crippen LogP contribution is 2.17. The molecule has 2 aromatic heterocycles. The average molecular weight is 459 g/mol. The van der Waals surface area contributed by atoms with Crippen molar-refractivity contribution in [1.29, 1.82) is 0 Å². The minimum absolute atomic E-state index is 0.0127. The maximum atomic E-state index is 12.2. The lowest BCUT2D eigenvalue weighted by Crippen LogP contribution is -2.25. The fraction of sp³-hybridized carbons (Fsp3) is 0.238. The van der Waals surface area contributed by atoms with Crippen LogP contribution in [0.4, 0.5) is 5.69 Å². The van der Waals surface area contributed by atoms with Gasteiger partial charge in [0.1, 0.15) is 5.75 Å². The number of aromatic amines is 1. The Morgan fingerprint density at radius 2 is 2.00 bits per heavy atom. The minimum Gasteiger partial charge on any atom is -0.494 e. The van der Waals surface area contributed by atoms with Crippen molar-refractivity contribution in [2.75, 3.05) is 17.7 Å². The summed E-state index contributed by atoms with van der Waals surface area (Å²) in [5, 5.41) is 7.80. The number of aromatic nitrogens is 2. The zero-order chi connectivity index (χ0) is 22.1. The van der Waals surface area contributed by atoms with Crippen LogP contribution in [-0.4, -0.2) is 34.1 Å². The fourth-order valence-corrected chi connectivity index (χ4v) is 3.94. The maximum absolute atomic E-state index is 12.2. The second kappa shape index (κ2) is 11.3. The molecule has 0 bridgehead atoms. The molecular weight excluding hydrogens is 436 g/mol. The van der Waals surface area contributed by atoms with Gasteiger partial charge < -0.3 is 20.4 Å². The largest absolute Gasteiger partial charge is 0.494 e. The number of rotatable bonds is 10. The highest BCUT2D eigenvalue weighted by atomic mass is 32.2. The number of amides is 2. The third-order valence-electron chi connectivity index (χ3n) is 3.94. The smallest absolute Gasteiger partial charge is 0.251 e. The quantitative estimate of drug-likeness (QED) is 0.318. The molecule has 3 N–H and O–H groups in total. The molecule has 0 aliphatic carbocycles. The number of H-pyrrole nitrogens is 1. The Labute approximate surface area is 187 Å². The van der Waals surface area contributed by atoms with Crippen molar-refractivity contribution < 1.29 is 14.3 Å². The number of hydrogen-bond donors (Lipinski definition) is 3. The molecule has 0 aliphatic rings. The first kappa shape index (κ1) is 22.6. The van der Waals surface area contributed by atoms with Crippen LogP contribution in [0.25, 0.3) is 0 Å². The summed E-state index contributed by atoms with van der Waals surface area (Å²) in [6.07, 6.45) is -0.0127. The van der Waals surface area contributed by atoms with E-state index in [9.17, 15) is 14.4 Å². The Morgan fingerprint density at radius 3 is 2.71 bits per heavy atom. The fourth-order valence-electron chi connectivity index (χ4n) is 2.60. The molecule has 8 nitrogen and oxygen atoms in total. The van der Waals surface area contributed by atoms with Gasteiger partial charge in [0.15, 0.2) is 5.16 Å². The van der Waals surface area contributed by atoms with E-state index in [1.807, 2.05) is 24.4 Å². The zero-order valence-corrected chi connectivity index (χ0v) is 18.5. The van der Waals surface area contributed by atoms with Crippen LogP contribution in [-0.2, 0) is 22.6 Å². The van der Waals surface area contributed by atoms with Crippen molar-refractivity contribution >= 4 is 40.6 Å². The molecule has 162 valence electrons. The van der Waals surface area contributed by atoms with Gasteiger partial charge in [-0.1, -0.05) is 17.8 Å². The molecular formula is C21H22N4O4S2. The number of benzene rings is 1. The number of carbonyl (C=O) groups excluding carboxylic acids is 2.